The third kappa shape index (κ3) is 3.36. The number of hydrogen-bond acceptors (Lipinski definition) is 3. The number of hydrogen-bond donors (Lipinski definition) is 2. The van der Waals surface area contributed by atoms with Crippen LogP contribution >= 0.6 is 12.4 Å². The first-order valence-electron chi connectivity index (χ1n) is 6.46. The fourth-order valence-corrected chi connectivity index (χ4v) is 2.83. The number of carbonyl (C=O) groups is 2. The lowest BCUT2D eigenvalue weighted by Gasteiger charge is -2.44. The van der Waals surface area contributed by atoms with Crippen LogP contribution in [0.15, 0.2) is 0 Å². The molecule has 1 saturated heterocycles. The number of halogens is 1. The summed E-state index contributed by atoms with van der Waals surface area (Å²) in [5.74, 6) is 0.0945. The summed E-state index contributed by atoms with van der Waals surface area (Å²) in [4.78, 5) is 25.4. The summed E-state index contributed by atoms with van der Waals surface area (Å²) in [5.41, 5.74) is 0. The molecule has 0 spiro atoms. The molecule has 2 fully saturated rings. The largest absolute Gasteiger partial charge is 0.350 e. The maximum atomic E-state index is 12.1. The van der Waals surface area contributed by atoms with E-state index < -0.39 is 0 Å². The fourth-order valence-electron chi connectivity index (χ4n) is 2.83. The normalized spacial score (nSPS) is 26.9. The number of nitrogens with zero attached hydrogens (tertiary/aromatic N) is 1. The quantitative estimate of drug-likeness (QED) is 0.778. The number of amides is 2. The zero-order valence-corrected chi connectivity index (χ0v) is 11.6. The van der Waals surface area contributed by atoms with Crippen LogP contribution in [0.1, 0.15) is 32.1 Å². The van der Waals surface area contributed by atoms with Gasteiger partial charge in [-0.25, -0.2) is 0 Å². The van der Waals surface area contributed by atoms with Crippen molar-refractivity contribution in [3.05, 3.63) is 0 Å². The Morgan fingerprint density at radius 1 is 1.44 bits per heavy atom. The second-order valence-corrected chi connectivity index (χ2v) is 4.90. The lowest BCUT2D eigenvalue weighted by atomic mass is 9.87. The molecular formula is C12H22ClN3O2. The minimum absolute atomic E-state index is 0. The summed E-state index contributed by atoms with van der Waals surface area (Å²) in [6, 6.07) is 0.411. The first-order chi connectivity index (χ1) is 8.22. The first-order valence-corrected chi connectivity index (χ1v) is 6.46. The van der Waals surface area contributed by atoms with Crippen molar-refractivity contribution in [3.63, 3.8) is 0 Å². The van der Waals surface area contributed by atoms with E-state index >= 15 is 0 Å². The first kappa shape index (κ1) is 15.2. The summed E-state index contributed by atoms with van der Waals surface area (Å²) in [6.07, 6.45) is 4.82. The number of fused-ring (bicyclic) bond motifs is 1. The van der Waals surface area contributed by atoms with E-state index in [-0.39, 0.29) is 42.8 Å². The molecule has 2 unspecified atom stereocenters. The van der Waals surface area contributed by atoms with Gasteiger partial charge in [-0.1, -0.05) is 12.8 Å². The van der Waals surface area contributed by atoms with Gasteiger partial charge in [-0.05, 0) is 19.9 Å². The van der Waals surface area contributed by atoms with Gasteiger partial charge < -0.3 is 15.5 Å². The van der Waals surface area contributed by atoms with Crippen LogP contribution in [-0.4, -0.2) is 48.9 Å². The molecule has 0 aromatic rings. The molecule has 0 bridgehead atoms. The summed E-state index contributed by atoms with van der Waals surface area (Å²) < 4.78 is 0. The Labute approximate surface area is 114 Å². The maximum Gasteiger partial charge on any atom is 0.239 e. The highest BCUT2D eigenvalue weighted by molar-refractivity contribution is 5.86. The van der Waals surface area contributed by atoms with E-state index in [1.165, 1.54) is 0 Å². The predicted molar refractivity (Wildman–Crippen MR) is 71.7 cm³/mol. The van der Waals surface area contributed by atoms with Crippen molar-refractivity contribution in [2.24, 2.45) is 0 Å². The minimum atomic E-state index is -0.00837. The summed E-state index contributed by atoms with van der Waals surface area (Å²) in [6.45, 7) is 0.915. The van der Waals surface area contributed by atoms with Gasteiger partial charge in [0.1, 0.15) is 0 Å². The van der Waals surface area contributed by atoms with Crippen LogP contribution in [0.3, 0.4) is 0 Å². The van der Waals surface area contributed by atoms with Gasteiger partial charge in [-0.15, -0.1) is 12.4 Å². The van der Waals surface area contributed by atoms with E-state index in [0.29, 0.717) is 13.0 Å². The summed E-state index contributed by atoms with van der Waals surface area (Å²) in [5, 5.41) is 5.98. The van der Waals surface area contributed by atoms with E-state index in [0.717, 1.165) is 25.7 Å². The molecule has 2 atom stereocenters. The van der Waals surface area contributed by atoms with Crippen molar-refractivity contribution in [3.8, 4) is 0 Å². The third-order valence-corrected chi connectivity index (χ3v) is 3.70. The van der Waals surface area contributed by atoms with Crippen LogP contribution < -0.4 is 10.6 Å². The Hall–Kier alpha value is -0.810. The maximum absolute atomic E-state index is 12.1. The molecule has 1 aliphatic heterocycles. The highest BCUT2D eigenvalue weighted by atomic mass is 35.5. The molecule has 0 aromatic heterocycles. The standard InChI is InChI=1S/C12H21N3O2.ClH/c1-13-7-6-12(17)15-8-11(16)14-9-4-2-3-5-10(9)15;/h9-10,13H,2-8H2,1H3,(H,14,16);1H. The van der Waals surface area contributed by atoms with Crippen LogP contribution in [0.4, 0.5) is 0 Å². The second-order valence-electron chi connectivity index (χ2n) is 4.90. The Morgan fingerprint density at radius 2 is 2.17 bits per heavy atom. The van der Waals surface area contributed by atoms with Gasteiger partial charge in [-0.2, -0.15) is 0 Å². The molecule has 2 aliphatic rings. The molecule has 0 aromatic carbocycles. The van der Waals surface area contributed by atoms with Gasteiger partial charge in [0.25, 0.3) is 0 Å². The Morgan fingerprint density at radius 3 is 2.89 bits per heavy atom. The van der Waals surface area contributed by atoms with E-state index in [1.807, 2.05) is 7.05 Å². The van der Waals surface area contributed by atoms with Crippen LogP contribution in [0.5, 0.6) is 0 Å². The molecule has 0 radical (unpaired) electrons. The van der Waals surface area contributed by atoms with Gasteiger partial charge in [0.2, 0.25) is 11.8 Å². The van der Waals surface area contributed by atoms with Crippen molar-refractivity contribution >= 4 is 24.2 Å². The molecule has 104 valence electrons. The number of rotatable bonds is 3. The number of nitrogens with one attached hydrogen (secondary N) is 2. The van der Waals surface area contributed by atoms with Crippen molar-refractivity contribution < 1.29 is 9.59 Å². The Bertz CT molecular complexity index is 312. The number of carbonyl (C=O) groups excluding carboxylic acids is 2. The molecule has 1 aliphatic carbocycles. The fraction of sp³-hybridized carbons (Fsp3) is 0.833. The van der Waals surface area contributed by atoms with Gasteiger partial charge in [0, 0.05) is 19.0 Å². The lowest BCUT2D eigenvalue weighted by molar-refractivity contribution is -0.144. The van der Waals surface area contributed by atoms with E-state index in [1.54, 1.807) is 4.90 Å². The van der Waals surface area contributed by atoms with Crippen LogP contribution in [0.2, 0.25) is 0 Å². The topological polar surface area (TPSA) is 61.4 Å². The SMILES string of the molecule is CNCCC(=O)N1CC(=O)NC2CCCCC21.Cl. The molecule has 1 heterocycles. The van der Waals surface area contributed by atoms with Gasteiger partial charge >= 0.3 is 0 Å². The van der Waals surface area contributed by atoms with Crippen molar-refractivity contribution in [2.45, 2.75) is 44.2 Å². The van der Waals surface area contributed by atoms with E-state index in [9.17, 15) is 9.59 Å². The second kappa shape index (κ2) is 6.95. The van der Waals surface area contributed by atoms with Crippen molar-refractivity contribution in [1.29, 1.82) is 0 Å². The third-order valence-electron chi connectivity index (χ3n) is 3.70. The zero-order chi connectivity index (χ0) is 12.3. The molecule has 6 heteroatoms. The molecule has 2 amide bonds. The van der Waals surface area contributed by atoms with E-state index in [4.69, 9.17) is 0 Å². The molecule has 2 rings (SSSR count). The molecule has 5 nitrogen and oxygen atoms in total. The van der Waals surface area contributed by atoms with Crippen LogP contribution in [0.25, 0.3) is 0 Å². The molecule has 18 heavy (non-hydrogen) atoms. The average molecular weight is 276 g/mol. The minimum Gasteiger partial charge on any atom is -0.350 e. The van der Waals surface area contributed by atoms with Crippen molar-refractivity contribution in [2.75, 3.05) is 20.1 Å². The monoisotopic (exact) mass is 275 g/mol. The highest BCUT2D eigenvalue weighted by Crippen LogP contribution is 2.26. The smallest absolute Gasteiger partial charge is 0.239 e. The van der Waals surface area contributed by atoms with Gasteiger partial charge in [0.05, 0.1) is 12.6 Å². The van der Waals surface area contributed by atoms with Crippen LogP contribution in [0, 0.1) is 0 Å². The summed E-state index contributed by atoms with van der Waals surface area (Å²) >= 11 is 0. The Kier molecular flexibility index (Phi) is 5.88. The molecule has 2 N–H and O–H groups in total. The average Bonchev–Trinajstić information content (AvgIpc) is 2.34. The van der Waals surface area contributed by atoms with Gasteiger partial charge in [-0.3, -0.25) is 9.59 Å². The van der Waals surface area contributed by atoms with Crippen LogP contribution in [-0.2, 0) is 9.59 Å². The highest BCUT2D eigenvalue weighted by Gasteiger charge is 2.38. The number of piperazine rings is 1. The van der Waals surface area contributed by atoms with Gasteiger partial charge in [0.15, 0.2) is 0 Å². The predicted octanol–water partition coefficient (Wildman–Crippen LogP) is 0.287. The molecule has 1 saturated carbocycles. The summed E-state index contributed by atoms with van der Waals surface area (Å²) in [7, 11) is 1.83. The Balaban J connectivity index is 0.00000162. The van der Waals surface area contributed by atoms with Crippen molar-refractivity contribution in [1.82, 2.24) is 15.5 Å². The lowest BCUT2D eigenvalue weighted by Crippen LogP contribution is -2.63. The zero-order valence-electron chi connectivity index (χ0n) is 10.8. The molecular weight excluding hydrogens is 254 g/mol. The van der Waals surface area contributed by atoms with E-state index in [2.05, 4.69) is 10.6 Å².